The molecule has 2 N–H and O–H groups in total. The fraction of sp³-hybridized carbons (Fsp3) is 0.238. The van der Waals surface area contributed by atoms with E-state index in [1.807, 2.05) is 0 Å². The fourth-order valence-electron chi connectivity index (χ4n) is 3.81. The van der Waals surface area contributed by atoms with Crippen LogP contribution in [0.4, 0.5) is 13.9 Å². The lowest BCUT2D eigenvalue weighted by Gasteiger charge is -2.22. The topological polar surface area (TPSA) is 88.2 Å². The number of hydrogen-bond acceptors (Lipinski definition) is 5. The number of anilines is 1. The van der Waals surface area contributed by atoms with Gasteiger partial charge in [0.15, 0.2) is 5.13 Å². The minimum Gasteiger partial charge on any atom is -0.349 e. The molecule has 1 heterocycles. The number of sulfonamides is 1. The minimum atomic E-state index is -3.81. The predicted octanol–water partition coefficient (Wildman–Crippen LogP) is 4.29. The van der Waals surface area contributed by atoms with Crippen molar-refractivity contribution in [2.24, 2.45) is 0 Å². The van der Waals surface area contributed by atoms with Crippen molar-refractivity contribution >= 4 is 32.4 Å². The van der Waals surface area contributed by atoms with Gasteiger partial charge in [-0.1, -0.05) is 6.42 Å². The van der Waals surface area contributed by atoms with Crippen LogP contribution in [-0.2, 0) is 10.0 Å². The molecule has 1 fully saturated rings. The van der Waals surface area contributed by atoms with Gasteiger partial charge >= 0.3 is 0 Å². The number of hydrogen-bond donors (Lipinski definition) is 2. The number of amides is 1. The van der Waals surface area contributed by atoms with Gasteiger partial charge in [-0.25, -0.2) is 22.2 Å². The maximum Gasteiger partial charge on any atom is 0.263 e. The second kappa shape index (κ2) is 8.72. The van der Waals surface area contributed by atoms with Gasteiger partial charge in [0.1, 0.15) is 11.6 Å². The van der Waals surface area contributed by atoms with Gasteiger partial charge < -0.3 is 5.32 Å². The second-order valence-electron chi connectivity index (χ2n) is 7.29. The monoisotopic (exact) mass is 463 g/mol. The number of carbonyl (C=O) groups is 1. The molecular weight excluding hydrogens is 444 g/mol. The van der Waals surface area contributed by atoms with Crippen molar-refractivity contribution in [3.8, 4) is 0 Å². The van der Waals surface area contributed by atoms with Gasteiger partial charge in [-0.2, -0.15) is 0 Å². The first-order valence-corrected chi connectivity index (χ1v) is 12.0. The molecular formula is C21H19F2N3O3S2. The lowest BCUT2D eigenvalue weighted by molar-refractivity contribution is 0.0934. The molecule has 1 saturated carbocycles. The van der Waals surface area contributed by atoms with Crippen LogP contribution in [0.2, 0.25) is 0 Å². The van der Waals surface area contributed by atoms with E-state index in [4.69, 9.17) is 0 Å². The van der Waals surface area contributed by atoms with Gasteiger partial charge in [0.25, 0.3) is 15.9 Å². The summed E-state index contributed by atoms with van der Waals surface area (Å²) in [6, 6.07) is 8.71. The zero-order chi connectivity index (χ0) is 22.0. The standard InChI is InChI=1S/C21H19F2N3O3S2/c22-15-10-14(11-16(23)12-15)18-2-1-3-19(18)25-20(27)13-4-6-17(7-5-13)31(28,29)26-21-24-8-9-30-21/h4-12,18-19H,1-3H2,(H,24,26)(H,25,27)/t18-,19-/m1/s1. The molecule has 3 aromatic rings. The summed E-state index contributed by atoms with van der Waals surface area (Å²) in [6.07, 6.45) is 3.73. The number of carbonyl (C=O) groups excluding carboxylic acids is 1. The van der Waals surface area contributed by atoms with Gasteiger partial charge in [0, 0.05) is 35.2 Å². The van der Waals surface area contributed by atoms with E-state index in [0.29, 0.717) is 24.0 Å². The molecule has 4 rings (SSSR count). The Hall–Kier alpha value is -2.85. The third-order valence-electron chi connectivity index (χ3n) is 5.23. The average molecular weight is 464 g/mol. The van der Waals surface area contributed by atoms with E-state index in [2.05, 4.69) is 15.0 Å². The summed E-state index contributed by atoms with van der Waals surface area (Å²) in [5.41, 5.74) is 0.819. The predicted molar refractivity (Wildman–Crippen MR) is 114 cm³/mol. The van der Waals surface area contributed by atoms with Crippen LogP contribution >= 0.6 is 11.3 Å². The number of halogens is 2. The molecule has 0 radical (unpaired) electrons. The first-order valence-electron chi connectivity index (χ1n) is 9.61. The Morgan fingerprint density at radius 1 is 1.06 bits per heavy atom. The third kappa shape index (κ3) is 4.91. The van der Waals surface area contributed by atoms with E-state index in [-0.39, 0.29) is 27.9 Å². The van der Waals surface area contributed by atoms with Crippen molar-refractivity contribution in [1.82, 2.24) is 10.3 Å². The Balaban J connectivity index is 1.46. The van der Waals surface area contributed by atoms with E-state index in [1.165, 1.54) is 42.6 Å². The van der Waals surface area contributed by atoms with Crippen molar-refractivity contribution in [2.45, 2.75) is 36.1 Å². The number of nitrogens with one attached hydrogen (secondary N) is 2. The van der Waals surface area contributed by atoms with E-state index in [9.17, 15) is 22.0 Å². The lowest BCUT2D eigenvalue weighted by atomic mass is 9.93. The van der Waals surface area contributed by atoms with Gasteiger partial charge in [0.05, 0.1) is 4.90 Å². The molecule has 1 aliphatic rings. The Bertz CT molecular complexity index is 1160. The molecule has 0 unspecified atom stereocenters. The minimum absolute atomic E-state index is 0.00762. The summed E-state index contributed by atoms with van der Waals surface area (Å²) in [7, 11) is -3.81. The SMILES string of the molecule is O=C(N[C@@H]1CCC[C@@H]1c1cc(F)cc(F)c1)c1ccc(S(=O)(=O)Nc2nccs2)cc1. The molecule has 1 aromatic heterocycles. The number of aromatic nitrogens is 1. The Kier molecular flexibility index (Phi) is 6.01. The van der Waals surface area contributed by atoms with Crippen LogP contribution in [0.1, 0.15) is 41.1 Å². The normalized spacial score (nSPS) is 18.6. The molecule has 6 nitrogen and oxygen atoms in total. The zero-order valence-corrected chi connectivity index (χ0v) is 17.8. The Morgan fingerprint density at radius 2 is 1.77 bits per heavy atom. The second-order valence-corrected chi connectivity index (χ2v) is 9.86. The lowest BCUT2D eigenvalue weighted by Crippen LogP contribution is -2.36. The maximum absolute atomic E-state index is 13.6. The van der Waals surface area contributed by atoms with Gasteiger partial charge in [-0.05, 0) is 54.8 Å². The van der Waals surface area contributed by atoms with Crippen LogP contribution in [0.3, 0.4) is 0 Å². The number of benzene rings is 2. The van der Waals surface area contributed by atoms with Crippen LogP contribution in [0.5, 0.6) is 0 Å². The molecule has 1 aliphatic carbocycles. The van der Waals surface area contributed by atoms with Crippen molar-refractivity contribution in [1.29, 1.82) is 0 Å². The summed E-state index contributed by atoms with van der Waals surface area (Å²) in [6.45, 7) is 0. The van der Waals surface area contributed by atoms with Crippen molar-refractivity contribution in [2.75, 3.05) is 4.72 Å². The summed E-state index contributed by atoms with van der Waals surface area (Å²) in [5.74, 6) is -1.84. The zero-order valence-electron chi connectivity index (χ0n) is 16.2. The molecule has 31 heavy (non-hydrogen) atoms. The van der Waals surface area contributed by atoms with Crippen LogP contribution in [0.15, 0.2) is 58.9 Å². The molecule has 0 aliphatic heterocycles. The Labute approximate surface area is 182 Å². The molecule has 1 amide bonds. The van der Waals surface area contributed by atoms with Crippen LogP contribution in [0, 0.1) is 11.6 Å². The summed E-state index contributed by atoms with van der Waals surface area (Å²) < 4.78 is 54.4. The summed E-state index contributed by atoms with van der Waals surface area (Å²) in [5, 5.41) is 4.83. The van der Waals surface area contributed by atoms with Crippen LogP contribution < -0.4 is 10.0 Å². The highest BCUT2D eigenvalue weighted by Gasteiger charge is 2.30. The first kappa shape index (κ1) is 21.4. The number of rotatable bonds is 6. The van der Waals surface area contributed by atoms with E-state index in [0.717, 1.165) is 23.8 Å². The number of nitrogens with zero attached hydrogens (tertiary/aromatic N) is 1. The van der Waals surface area contributed by atoms with E-state index >= 15 is 0 Å². The highest BCUT2D eigenvalue weighted by Crippen LogP contribution is 2.35. The van der Waals surface area contributed by atoms with Crippen molar-refractivity contribution in [3.63, 3.8) is 0 Å². The Morgan fingerprint density at radius 3 is 2.42 bits per heavy atom. The molecule has 162 valence electrons. The maximum atomic E-state index is 13.6. The van der Waals surface area contributed by atoms with Gasteiger partial charge in [-0.15, -0.1) is 11.3 Å². The fourth-order valence-corrected chi connectivity index (χ4v) is 5.59. The quantitative estimate of drug-likeness (QED) is 0.571. The smallest absolute Gasteiger partial charge is 0.263 e. The summed E-state index contributed by atoms with van der Waals surface area (Å²) in [4.78, 5) is 16.6. The van der Waals surface area contributed by atoms with Crippen LogP contribution in [-0.4, -0.2) is 25.4 Å². The van der Waals surface area contributed by atoms with Gasteiger partial charge in [0.2, 0.25) is 0 Å². The third-order valence-corrected chi connectivity index (χ3v) is 7.40. The molecule has 2 atom stereocenters. The highest BCUT2D eigenvalue weighted by atomic mass is 32.2. The number of thiazole rings is 1. The molecule has 10 heteroatoms. The largest absolute Gasteiger partial charge is 0.349 e. The van der Waals surface area contributed by atoms with E-state index in [1.54, 1.807) is 5.38 Å². The molecule has 0 spiro atoms. The highest BCUT2D eigenvalue weighted by molar-refractivity contribution is 7.93. The van der Waals surface area contributed by atoms with E-state index < -0.39 is 21.7 Å². The average Bonchev–Trinajstić information content (AvgIpc) is 3.39. The van der Waals surface area contributed by atoms with Crippen LogP contribution in [0.25, 0.3) is 0 Å². The summed E-state index contributed by atoms with van der Waals surface area (Å²) >= 11 is 1.16. The van der Waals surface area contributed by atoms with Crippen molar-refractivity contribution < 1.29 is 22.0 Å². The molecule has 0 bridgehead atoms. The van der Waals surface area contributed by atoms with Crippen molar-refractivity contribution in [3.05, 3.63) is 76.8 Å². The van der Waals surface area contributed by atoms with Gasteiger partial charge in [-0.3, -0.25) is 9.52 Å². The molecule has 2 aromatic carbocycles. The first-order chi connectivity index (χ1) is 14.8. The molecule has 0 saturated heterocycles.